The molecule has 0 radical (unpaired) electrons. The van der Waals surface area contributed by atoms with Crippen molar-refractivity contribution in [3.05, 3.63) is 86.3 Å². The van der Waals surface area contributed by atoms with Crippen molar-refractivity contribution in [3.8, 4) is 6.07 Å². The second kappa shape index (κ2) is 11.5. The van der Waals surface area contributed by atoms with E-state index in [4.69, 9.17) is 28.9 Å². The summed E-state index contributed by atoms with van der Waals surface area (Å²) in [5, 5.41) is 22.9. The van der Waals surface area contributed by atoms with Crippen molar-refractivity contribution in [2.45, 2.75) is 43.9 Å². The van der Waals surface area contributed by atoms with Crippen LogP contribution in [0.4, 0.5) is 10.8 Å². The number of amides is 1. The molecule has 1 aromatic heterocycles. The van der Waals surface area contributed by atoms with Gasteiger partial charge in [-0.05, 0) is 42.5 Å². The predicted molar refractivity (Wildman–Crippen MR) is 164 cm³/mol. The Hall–Kier alpha value is -3.36. The van der Waals surface area contributed by atoms with Crippen LogP contribution < -0.4 is 16.0 Å². The minimum absolute atomic E-state index is 0.00958. The number of Topliss-reactive ketones (excluding diaryl/α,β-unsaturated/α-hetero) is 1. The molecule has 1 aliphatic carbocycles. The first kappa shape index (κ1) is 29.1. The maximum absolute atomic E-state index is 13.7. The number of rotatable bonds is 6. The third-order valence-corrected chi connectivity index (χ3v) is 9.47. The minimum atomic E-state index is -0.556. The van der Waals surface area contributed by atoms with Gasteiger partial charge in [-0.2, -0.15) is 5.26 Å². The van der Waals surface area contributed by atoms with E-state index in [1.54, 1.807) is 23.1 Å². The SMILES string of the molecule is Cc1cccc(C2C(C#N)=C(N)N(c3nnc(SCC(=O)Nc4ccc(Cl)cc4Cl)s3)C3=C2C(=O)CC(C)(C)C3)c1. The summed E-state index contributed by atoms with van der Waals surface area (Å²) in [6, 6.07) is 14.9. The van der Waals surface area contributed by atoms with Gasteiger partial charge in [0.25, 0.3) is 0 Å². The molecule has 1 unspecified atom stereocenters. The predicted octanol–water partition coefficient (Wildman–Crippen LogP) is 6.83. The number of carbonyl (C=O) groups excluding carboxylic acids is 2. The number of anilines is 2. The maximum Gasteiger partial charge on any atom is 0.234 e. The Balaban J connectivity index is 1.46. The number of ketones is 1. The van der Waals surface area contributed by atoms with Crippen LogP contribution in [0.2, 0.25) is 10.0 Å². The van der Waals surface area contributed by atoms with E-state index in [1.165, 1.54) is 23.1 Å². The molecule has 0 saturated carbocycles. The van der Waals surface area contributed by atoms with Crippen molar-refractivity contribution < 1.29 is 9.59 Å². The number of hydrogen-bond acceptors (Lipinski definition) is 9. The third-order valence-electron chi connectivity index (χ3n) is 6.88. The Kier molecular flexibility index (Phi) is 8.17. The van der Waals surface area contributed by atoms with Gasteiger partial charge in [0, 0.05) is 22.7 Å². The van der Waals surface area contributed by atoms with Gasteiger partial charge < -0.3 is 11.1 Å². The molecule has 3 aromatic rings. The van der Waals surface area contributed by atoms with Crippen molar-refractivity contribution in [2.24, 2.45) is 11.1 Å². The van der Waals surface area contributed by atoms with Gasteiger partial charge in [0.1, 0.15) is 5.82 Å². The van der Waals surface area contributed by atoms with E-state index < -0.39 is 5.92 Å². The Morgan fingerprint density at radius 1 is 1.24 bits per heavy atom. The Labute approximate surface area is 256 Å². The number of halogens is 2. The van der Waals surface area contributed by atoms with Gasteiger partial charge in [-0.25, -0.2) is 0 Å². The van der Waals surface area contributed by atoms with Crippen LogP contribution in [0.5, 0.6) is 0 Å². The van der Waals surface area contributed by atoms with Crippen LogP contribution in [0.25, 0.3) is 0 Å². The quantitative estimate of drug-likeness (QED) is 0.286. The van der Waals surface area contributed by atoms with E-state index in [0.717, 1.165) is 16.8 Å². The number of nitrogens with one attached hydrogen (secondary N) is 1. The molecule has 0 bridgehead atoms. The molecule has 1 atom stereocenters. The summed E-state index contributed by atoms with van der Waals surface area (Å²) in [4.78, 5) is 28.0. The molecule has 0 fully saturated rings. The molecule has 5 rings (SSSR count). The van der Waals surface area contributed by atoms with Gasteiger partial charge >= 0.3 is 0 Å². The lowest BCUT2D eigenvalue weighted by atomic mass is 9.68. The summed E-state index contributed by atoms with van der Waals surface area (Å²) < 4.78 is 0.535. The number of allylic oxidation sites excluding steroid dienone is 3. The highest BCUT2D eigenvalue weighted by atomic mass is 35.5. The van der Waals surface area contributed by atoms with Crippen LogP contribution in [-0.4, -0.2) is 27.6 Å². The third kappa shape index (κ3) is 5.99. The first-order chi connectivity index (χ1) is 19.5. The number of aryl methyl sites for hydroxylation is 1. The molecule has 3 N–H and O–H groups in total. The van der Waals surface area contributed by atoms with Gasteiger partial charge in [0.15, 0.2) is 10.1 Å². The zero-order valence-electron chi connectivity index (χ0n) is 22.5. The molecule has 8 nitrogen and oxygen atoms in total. The van der Waals surface area contributed by atoms with Gasteiger partial charge in [-0.15, -0.1) is 10.2 Å². The average Bonchev–Trinajstić information content (AvgIpc) is 3.36. The highest BCUT2D eigenvalue weighted by Gasteiger charge is 2.45. The summed E-state index contributed by atoms with van der Waals surface area (Å²) in [5.41, 5.74) is 10.3. The fourth-order valence-corrected chi connectivity index (χ4v) is 7.30. The van der Waals surface area contributed by atoms with Crippen LogP contribution in [0.1, 0.15) is 43.7 Å². The number of nitriles is 1. The molecule has 2 aliphatic rings. The molecule has 41 heavy (non-hydrogen) atoms. The van der Waals surface area contributed by atoms with E-state index in [2.05, 4.69) is 21.6 Å². The zero-order chi connectivity index (χ0) is 29.5. The summed E-state index contributed by atoms with van der Waals surface area (Å²) in [7, 11) is 0. The number of nitrogens with zero attached hydrogens (tertiary/aromatic N) is 4. The van der Waals surface area contributed by atoms with E-state index in [1.807, 2.05) is 45.0 Å². The van der Waals surface area contributed by atoms with Crippen molar-refractivity contribution >= 4 is 68.8 Å². The first-order valence-electron chi connectivity index (χ1n) is 12.7. The monoisotopic (exact) mass is 624 g/mol. The number of aromatic nitrogens is 2. The smallest absolute Gasteiger partial charge is 0.234 e. The molecule has 12 heteroatoms. The molecule has 1 aliphatic heterocycles. The van der Waals surface area contributed by atoms with Crippen LogP contribution in [-0.2, 0) is 9.59 Å². The summed E-state index contributed by atoms with van der Waals surface area (Å²) in [6.07, 6.45) is 0.937. The van der Waals surface area contributed by atoms with Crippen molar-refractivity contribution in [1.82, 2.24) is 10.2 Å². The number of thioether (sulfide) groups is 1. The molecular formula is C29H26Cl2N6O2S2. The molecule has 0 saturated heterocycles. The van der Waals surface area contributed by atoms with E-state index in [-0.39, 0.29) is 28.7 Å². The zero-order valence-corrected chi connectivity index (χ0v) is 25.6. The molecule has 2 heterocycles. The van der Waals surface area contributed by atoms with Crippen LogP contribution in [0.15, 0.2) is 69.5 Å². The number of benzene rings is 2. The normalized spacial score (nSPS) is 18.3. The summed E-state index contributed by atoms with van der Waals surface area (Å²) in [6.45, 7) is 6.06. The highest BCUT2D eigenvalue weighted by Crippen LogP contribution is 2.50. The van der Waals surface area contributed by atoms with Crippen LogP contribution in [0, 0.1) is 23.7 Å². The average molecular weight is 626 g/mol. The van der Waals surface area contributed by atoms with Crippen LogP contribution >= 0.6 is 46.3 Å². The van der Waals surface area contributed by atoms with Crippen molar-refractivity contribution in [1.29, 1.82) is 5.26 Å². The van der Waals surface area contributed by atoms with Gasteiger partial charge in [0.05, 0.1) is 34.0 Å². The second-order valence-corrected chi connectivity index (χ2v) is 13.7. The standard InChI is InChI=1S/C29H26Cl2N6O2S2/c1-15-5-4-6-16(9-15)24-18(13-32)26(33)37(21-11-29(2,3)12-22(38)25(21)24)27-35-36-28(41-27)40-14-23(39)34-20-8-7-17(30)10-19(20)31/h4-10,24H,11-12,14,33H2,1-3H3,(H,34,39). The highest BCUT2D eigenvalue weighted by molar-refractivity contribution is 8.01. The first-order valence-corrected chi connectivity index (χ1v) is 15.3. The molecule has 210 valence electrons. The molecule has 1 amide bonds. The number of hydrogen-bond donors (Lipinski definition) is 2. The minimum Gasteiger partial charge on any atom is -0.384 e. The summed E-state index contributed by atoms with van der Waals surface area (Å²) >= 11 is 14.5. The fraction of sp³-hybridized carbons (Fsp3) is 0.276. The Morgan fingerprint density at radius 2 is 2.02 bits per heavy atom. The summed E-state index contributed by atoms with van der Waals surface area (Å²) in [5.74, 6) is -0.543. The van der Waals surface area contributed by atoms with E-state index in [0.29, 0.717) is 49.2 Å². The Morgan fingerprint density at radius 3 is 2.73 bits per heavy atom. The molecule has 2 aromatic carbocycles. The van der Waals surface area contributed by atoms with Gasteiger partial charge in [-0.3, -0.25) is 14.5 Å². The van der Waals surface area contributed by atoms with E-state index in [9.17, 15) is 14.9 Å². The lowest BCUT2D eigenvalue weighted by Gasteiger charge is -2.42. The lowest BCUT2D eigenvalue weighted by molar-refractivity contribution is -0.118. The fourth-order valence-electron chi connectivity index (χ4n) is 5.17. The van der Waals surface area contributed by atoms with Gasteiger partial charge in [-0.1, -0.05) is 90.0 Å². The van der Waals surface area contributed by atoms with E-state index >= 15 is 0 Å². The van der Waals surface area contributed by atoms with Gasteiger partial charge in [0.2, 0.25) is 11.0 Å². The Bertz CT molecular complexity index is 1670. The number of carbonyl (C=O) groups is 2. The molecule has 0 spiro atoms. The van der Waals surface area contributed by atoms with Crippen molar-refractivity contribution in [3.63, 3.8) is 0 Å². The number of nitrogens with two attached hydrogens (primary N) is 1. The van der Waals surface area contributed by atoms with Crippen LogP contribution in [0.3, 0.4) is 0 Å². The lowest BCUT2D eigenvalue weighted by Crippen LogP contribution is -2.42. The molecular weight excluding hydrogens is 599 g/mol. The maximum atomic E-state index is 13.7. The van der Waals surface area contributed by atoms with Crippen molar-refractivity contribution in [2.75, 3.05) is 16.0 Å². The second-order valence-electron chi connectivity index (χ2n) is 10.7. The topological polar surface area (TPSA) is 125 Å². The largest absolute Gasteiger partial charge is 0.384 e.